The molecular formula is C16H18O5. The Hall–Kier alpha value is -2.43. The van der Waals surface area contributed by atoms with Gasteiger partial charge in [-0.25, -0.2) is 4.79 Å². The van der Waals surface area contributed by atoms with Gasteiger partial charge in [0.2, 0.25) is 0 Å². The summed E-state index contributed by atoms with van der Waals surface area (Å²) in [4.78, 5) is 33.9. The van der Waals surface area contributed by atoms with E-state index in [1.807, 2.05) is 0 Å². The van der Waals surface area contributed by atoms with Crippen molar-refractivity contribution in [3.05, 3.63) is 42.0 Å². The van der Waals surface area contributed by atoms with Gasteiger partial charge in [-0.05, 0) is 43.2 Å². The molecule has 21 heavy (non-hydrogen) atoms. The van der Waals surface area contributed by atoms with Crippen LogP contribution in [0.4, 0.5) is 0 Å². The van der Waals surface area contributed by atoms with E-state index in [9.17, 15) is 14.4 Å². The highest BCUT2D eigenvalue weighted by Crippen LogP contribution is 2.13. The van der Waals surface area contributed by atoms with Crippen molar-refractivity contribution in [3.8, 4) is 5.75 Å². The molecular weight excluding hydrogens is 272 g/mol. The highest BCUT2D eigenvalue weighted by atomic mass is 16.5. The van der Waals surface area contributed by atoms with Crippen molar-refractivity contribution >= 4 is 17.5 Å². The van der Waals surface area contributed by atoms with E-state index in [4.69, 9.17) is 4.74 Å². The fourth-order valence-electron chi connectivity index (χ4n) is 1.55. The summed E-state index contributed by atoms with van der Waals surface area (Å²) in [6, 6.07) is 6.18. The zero-order valence-corrected chi connectivity index (χ0v) is 12.2. The van der Waals surface area contributed by atoms with E-state index in [1.54, 1.807) is 19.1 Å². The van der Waals surface area contributed by atoms with Gasteiger partial charge in [-0.15, -0.1) is 0 Å². The minimum atomic E-state index is -0.901. The predicted molar refractivity (Wildman–Crippen MR) is 77.3 cm³/mol. The van der Waals surface area contributed by atoms with Crippen LogP contribution in [0.25, 0.3) is 0 Å². The van der Waals surface area contributed by atoms with Crippen LogP contribution in [0.1, 0.15) is 30.1 Å². The predicted octanol–water partition coefficient (Wildman–Crippen LogP) is 2.35. The van der Waals surface area contributed by atoms with Crippen LogP contribution in [0.15, 0.2) is 36.4 Å². The van der Waals surface area contributed by atoms with Gasteiger partial charge in [-0.2, -0.15) is 0 Å². The van der Waals surface area contributed by atoms with Crippen molar-refractivity contribution in [2.24, 2.45) is 0 Å². The maximum Gasteiger partial charge on any atom is 0.379 e. The third-order valence-electron chi connectivity index (χ3n) is 2.78. The molecule has 0 saturated carbocycles. The third-order valence-corrected chi connectivity index (χ3v) is 2.78. The molecule has 0 bridgehead atoms. The molecule has 0 aromatic heterocycles. The van der Waals surface area contributed by atoms with E-state index >= 15 is 0 Å². The standard InChI is InChI=1S/C16H18O5/c1-11(2)14(17)5-4-10-21-13-8-6-12(7-9-13)15(18)16(19)20-3/h6-9H,1,4-5,10H2,2-3H3. The van der Waals surface area contributed by atoms with Gasteiger partial charge in [-0.1, -0.05) is 6.58 Å². The summed E-state index contributed by atoms with van der Waals surface area (Å²) < 4.78 is 9.81. The van der Waals surface area contributed by atoms with Crippen LogP contribution in [0.2, 0.25) is 0 Å². The van der Waals surface area contributed by atoms with Crippen LogP contribution < -0.4 is 4.74 Å². The molecule has 0 aliphatic rings. The fraction of sp³-hybridized carbons (Fsp3) is 0.312. The van der Waals surface area contributed by atoms with Gasteiger partial charge in [-0.3, -0.25) is 9.59 Å². The quantitative estimate of drug-likeness (QED) is 0.242. The molecule has 0 saturated heterocycles. The second-order valence-electron chi connectivity index (χ2n) is 4.50. The lowest BCUT2D eigenvalue weighted by molar-refractivity contribution is -0.135. The van der Waals surface area contributed by atoms with Gasteiger partial charge in [0, 0.05) is 12.0 Å². The van der Waals surface area contributed by atoms with Gasteiger partial charge in [0.1, 0.15) is 5.75 Å². The van der Waals surface area contributed by atoms with Gasteiger partial charge >= 0.3 is 5.97 Å². The largest absolute Gasteiger partial charge is 0.494 e. The number of hydrogen-bond acceptors (Lipinski definition) is 5. The number of esters is 1. The number of rotatable bonds is 8. The molecule has 0 spiro atoms. The van der Waals surface area contributed by atoms with Gasteiger partial charge in [0.05, 0.1) is 13.7 Å². The number of benzene rings is 1. The summed E-state index contributed by atoms with van der Waals surface area (Å²) in [5, 5.41) is 0. The summed E-state index contributed by atoms with van der Waals surface area (Å²) >= 11 is 0. The first-order chi connectivity index (χ1) is 9.95. The number of methoxy groups -OCH3 is 1. The molecule has 0 fully saturated rings. The Labute approximate surface area is 123 Å². The summed E-state index contributed by atoms with van der Waals surface area (Å²) in [6.45, 7) is 5.65. The Kier molecular flexibility index (Phi) is 6.33. The smallest absolute Gasteiger partial charge is 0.379 e. The van der Waals surface area contributed by atoms with Crippen molar-refractivity contribution in [1.29, 1.82) is 0 Å². The Morgan fingerprint density at radius 1 is 1.14 bits per heavy atom. The fourth-order valence-corrected chi connectivity index (χ4v) is 1.55. The minimum absolute atomic E-state index is 0.0256. The van der Waals surface area contributed by atoms with E-state index in [-0.39, 0.29) is 11.3 Å². The maximum absolute atomic E-state index is 11.5. The van der Waals surface area contributed by atoms with E-state index in [1.165, 1.54) is 12.1 Å². The lowest BCUT2D eigenvalue weighted by Crippen LogP contribution is -2.15. The molecule has 0 amide bonds. The third kappa shape index (κ3) is 5.22. The average molecular weight is 290 g/mol. The lowest BCUT2D eigenvalue weighted by Gasteiger charge is -2.06. The molecule has 0 radical (unpaired) electrons. The molecule has 0 heterocycles. The molecule has 112 valence electrons. The normalized spacial score (nSPS) is 9.81. The second kappa shape index (κ2) is 7.99. The minimum Gasteiger partial charge on any atom is -0.494 e. The highest BCUT2D eigenvalue weighted by Gasteiger charge is 2.16. The number of hydrogen-bond donors (Lipinski definition) is 0. The van der Waals surface area contributed by atoms with E-state index in [2.05, 4.69) is 11.3 Å². The summed E-state index contributed by atoms with van der Waals surface area (Å²) in [5.74, 6) is -1.00. The average Bonchev–Trinajstić information content (AvgIpc) is 2.50. The Balaban J connectivity index is 2.45. The van der Waals surface area contributed by atoms with Crippen molar-refractivity contribution in [3.63, 3.8) is 0 Å². The maximum atomic E-state index is 11.5. The number of carbonyl (C=O) groups excluding carboxylic acids is 3. The number of carbonyl (C=O) groups is 3. The zero-order chi connectivity index (χ0) is 15.8. The molecule has 0 aliphatic heterocycles. The Bertz CT molecular complexity index is 542. The SMILES string of the molecule is C=C(C)C(=O)CCCOc1ccc(C(=O)C(=O)OC)cc1. The van der Waals surface area contributed by atoms with Crippen LogP contribution >= 0.6 is 0 Å². The van der Waals surface area contributed by atoms with Gasteiger partial charge in [0.15, 0.2) is 5.78 Å². The van der Waals surface area contributed by atoms with Crippen LogP contribution in [0, 0.1) is 0 Å². The number of Topliss-reactive ketones (excluding diaryl/α,β-unsaturated/α-hetero) is 2. The molecule has 0 atom stereocenters. The first kappa shape index (κ1) is 16.6. The highest BCUT2D eigenvalue weighted by molar-refractivity contribution is 6.40. The number of allylic oxidation sites excluding steroid dienone is 1. The zero-order valence-electron chi connectivity index (χ0n) is 12.2. The van der Waals surface area contributed by atoms with E-state index < -0.39 is 11.8 Å². The van der Waals surface area contributed by atoms with Crippen molar-refractivity contribution in [2.75, 3.05) is 13.7 Å². The van der Waals surface area contributed by atoms with Crippen molar-refractivity contribution in [2.45, 2.75) is 19.8 Å². The first-order valence-corrected chi connectivity index (χ1v) is 6.50. The topological polar surface area (TPSA) is 69.7 Å². The molecule has 5 nitrogen and oxygen atoms in total. The molecule has 1 aromatic rings. The molecule has 0 N–H and O–H groups in total. The summed E-state index contributed by atoms with van der Waals surface area (Å²) in [7, 11) is 1.16. The first-order valence-electron chi connectivity index (χ1n) is 6.50. The van der Waals surface area contributed by atoms with E-state index in [0.29, 0.717) is 30.8 Å². The summed E-state index contributed by atoms with van der Waals surface area (Å²) in [6.07, 6.45) is 0.989. The molecule has 0 aliphatic carbocycles. The van der Waals surface area contributed by atoms with Crippen LogP contribution in [-0.4, -0.2) is 31.3 Å². The monoisotopic (exact) mass is 290 g/mol. The second-order valence-corrected chi connectivity index (χ2v) is 4.50. The van der Waals surface area contributed by atoms with Crippen LogP contribution in [0.5, 0.6) is 5.75 Å². The van der Waals surface area contributed by atoms with E-state index in [0.717, 1.165) is 7.11 Å². The lowest BCUT2D eigenvalue weighted by atomic mass is 10.1. The van der Waals surface area contributed by atoms with Crippen LogP contribution in [0.3, 0.4) is 0 Å². The van der Waals surface area contributed by atoms with Gasteiger partial charge < -0.3 is 9.47 Å². The molecule has 5 heteroatoms. The van der Waals surface area contributed by atoms with Gasteiger partial charge in [0.25, 0.3) is 5.78 Å². The van der Waals surface area contributed by atoms with Crippen molar-refractivity contribution < 1.29 is 23.9 Å². The molecule has 1 aromatic carbocycles. The molecule has 0 unspecified atom stereocenters. The summed E-state index contributed by atoms with van der Waals surface area (Å²) in [5.41, 5.74) is 0.785. The number of ketones is 2. The number of ether oxygens (including phenoxy) is 2. The van der Waals surface area contributed by atoms with Crippen LogP contribution in [-0.2, 0) is 14.3 Å². The molecule has 1 rings (SSSR count). The Morgan fingerprint density at radius 2 is 1.76 bits per heavy atom. The Morgan fingerprint density at radius 3 is 2.29 bits per heavy atom. The van der Waals surface area contributed by atoms with Crippen molar-refractivity contribution in [1.82, 2.24) is 0 Å².